The van der Waals surface area contributed by atoms with E-state index < -0.39 is 11.6 Å². The van der Waals surface area contributed by atoms with Crippen LogP contribution in [0.15, 0.2) is 60.7 Å². The first-order valence-electron chi connectivity index (χ1n) is 6.96. The molecule has 2 aromatic rings. The van der Waals surface area contributed by atoms with Crippen LogP contribution < -0.4 is 4.90 Å². The zero-order valence-corrected chi connectivity index (χ0v) is 11.3. The van der Waals surface area contributed by atoms with E-state index in [1.54, 1.807) is 0 Å². The molecule has 2 unspecified atom stereocenters. The number of aliphatic hydroxyl groups is 2. The highest BCUT2D eigenvalue weighted by molar-refractivity contribution is 5.54. The molecule has 2 N–H and O–H groups in total. The maximum atomic E-state index is 10.5. The van der Waals surface area contributed by atoms with Crippen LogP contribution in [0.1, 0.15) is 12.0 Å². The van der Waals surface area contributed by atoms with Gasteiger partial charge in [-0.15, -0.1) is 0 Å². The van der Waals surface area contributed by atoms with Crippen LogP contribution in [-0.2, 0) is 5.54 Å². The summed E-state index contributed by atoms with van der Waals surface area (Å²) in [6.07, 6.45) is 0.0831. The number of hydrogen-bond donors (Lipinski definition) is 2. The molecule has 3 rings (SSSR count). The number of anilines is 1. The molecule has 0 bridgehead atoms. The molecule has 1 fully saturated rings. The predicted molar refractivity (Wildman–Crippen MR) is 79.6 cm³/mol. The van der Waals surface area contributed by atoms with Crippen molar-refractivity contribution in [3.8, 4) is 0 Å². The zero-order valence-electron chi connectivity index (χ0n) is 11.3. The van der Waals surface area contributed by atoms with Gasteiger partial charge in [-0.3, -0.25) is 0 Å². The summed E-state index contributed by atoms with van der Waals surface area (Å²) in [5, 5.41) is 20.6. The Balaban J connectivity index is 2.11. The van der Waals surface area contributed by atoms with E-state index >= 15 is 0 Å². The van der Waals surface area contributed by atoms with E-state index in [0.717, 1.165) is 17.8 Å². The van der Waals surface area contributed by atoms with Gasteiger partial charge in [0.2, 0.25) is 0 Å². The van der Waals surface area contributed by atoms with Gasteiger partial charge in [0, 0.05) is 12.2 Å². The van der Waals surface area contributed by atoms with Crippen LogP contribution in [0.25, 0.3) is 0 Å². The van der Waals surface area contributed by atoms with Crippen molar-refractivity contribution in [2.24, 2.45) is 0 Å². The van der Waals surface area contributed by atoms with Crippen molar-refractivity contribution in [2.75, 3.05) is 18.1 Å². The summed E-state index contributed by atoms with van der Waals surface area (Å²) in [6.45, 7) is 0.633. The van der Waals surface area contributed by atoms with Crippen LogP contribution >= 0.6 is 0 Å². The molecule has 2 aromatic carbocycles. The Morgan fingerprint density at radius 1 is 1.00 bits per heavy atom. The molecule has 0 radical (unpaired) electrons. The van der Waals surface area contributed by atoms with E-state index in [1.165, 1.54) is 0 Å². The largest absolute Gasteiger partial charge is 0.393 e. The first kappa shape index (κ1) is 13.2. The molecule has 104 valence electrons. The Bertz CT molecular complexity index is 558. The standard InChI is InChI=1S/C17H19NO2/c19-13-17(14-7-3-1-4-8-14)16(20)11-12-18(17)15-9-5-2-6-10-15/h1-10,16,19-20H,11-13H2. The van der Waals surface area contributed by atoms with Crippen LogP contribution in [0.5, 0.6) is 0 Å². The molecule has 2 atom stereocenters. The number of hydrogen-bond acceptors (Lipinski definition) is 3. The average molecular weight is 269 g/mol. The molecule has 1 saturated heterocycles. The van der Waals surface area contributed by atoms with Gasteiger partial charge in [-0.05, 0) is 24.1 Å². The lowest BCUT2D eigenvalue weighted by Gasteiger charge is -2.41. The Labute approximate surface area is 119 Å². The van der Waals surface area contributed by atoms with E-state index in [1.807, 2.05) is 60.7 Å². The van der Waals surface area contributed by atoms with Gasteiger partial charge in [-0.2, -0.15) is 0 Å². The van der Waals surface area contributed by atoms with Gasteiger partial charge in [-0.25, -0.2) is 0 Å². The lowest BCUT2D eigenvalue weighted by molar-refractivity contribution is 0.0624. The normalized spacial score (nSPS) is 25.9. The summed E-state index contributed by atoms with van der Waals surface area (Å²) in [7, 11) is 0. The van der Waals surface area contributed by atoms with Crippen LogP contribution in [-0.4, -0.2) is 29.5 Å². The number of nitrogens with zero attached hydrogens (tertiary/aromatic N) is 1. The molecule has 3 nitrogen and oxygen atoms in total. The smallest absolute Gasteiger partial charge is 0.114 e. The molecule has 0 amide bonds. The Morgan fingerprint density at radius 3 is 2.20 bits per heavy atom. The Hall–Kier alpha value is -1.84. The topological polar surface area (TPSA) is 43.7 Å². The molecule has 0 aliphatic carbocycles. The Kier molecular flexibility index (Phi) is 3.47. The van der Waals surface area contributed by atoms with Crippen molar-refractivity contribution in [3.63, 3.8) is 0 Å². The number of benzene rings is 2. The van der Waals surface area contributed by atoms with Gasteiger partial charge >= 0.3 is 0 Å². The van der Waals surface area contributed by atoms with Gasteiger partial charge < -0.3 is 15.1 Å². The molecule has 3 heteroatoms. The molecule has 0 saturated carbocycles. The van der Waals surface area contributed by atoms with E-state index in [0.29, 0.717) is 6.42 Å². The molecule has 0 spiro atoms. The molecule has 1 aliphatic rings. The first-order chi connectivity index (χ1) is 9.79. The van der Waals surface area contributed by atoms with Crippen LogP contribution in [0.4, 0.5) is 5.69 Å². The molecule has 1 aliphatic heterocycles. The maximum absolute atomic E-state index is 10.5. The monoisotopic (exact) mass is 269 g/mol. The van der Waals surface area contributed by atoms with Crippen LogP contribution in [0.3, 0.4) is 0 Å². The molecule has 1 heterocycles. The zero-order chi connectivity index (χ0) is 14.0. The Morgan fingerprint density at radius 2 is 1.60 bits per heavy atom. The van der Waals surface area contributed by atoms with Crippen molar-refractivity contribution >= 4 is 5.69 Å². The number of para-hydroxylation sites is 1. The van der Waals surface area contributed by atoms with E-state index in [2.05, 4.69) is 4.90 Å². The van der Waals surface area contributed by atoms with Gasteiger partial charge in [-0.1, -0.05) is 48.5 Å². The number of rotatable bonds is 3. The van der Waals surface area contributed by atoms with Crippen molar-refractivity contribution < 1.29 is 10.2 Å². The minimum atomic E-state index is -0.747. The summed E-state index contributed by atoms with van der Waals surface area (Å²) in [4.78, 5) is 2.12. The van der Waals surface area contributed by atoms with Gasteiger partial charge in [0.15, 0.2) is 0 Å². The SMILES string of the molecule is OCC1(c2ccccc2)C(O)CCN1c1ccccc1. The highest BCUT2D eigenvalue weighted by Crippen LogP contribution is 2.41. The number of aliphatic hydroxyl groups excluding tert-OH is 2. The van der Waals surface area contributed by atoms with Crippen molar-refractivity contribution in [2.45, 2.75) is 18.1 Å². The third kappa shape index (κ3) is 1.90. The molecule has 0 aromatic heterocycles. The van der Waals surface area contributed by atoms with Crippen molar-refractivity contribution in [1.82, 2.24) is 0 Å². The average Bonchev–Trinajstić information content (AvgIpc) is 2.86. The molecular weight excluding hydrogens is 250 g/mol. The third-order valence-corrected chi connectivity index (χ3v) is 4.24. The maximum Gasteiger partial charge on any atom is 0.114 e. The van der Waals surface area contributed by atoms with Crippen molar-refractivity contribution in [1.29, 1.82) is 0 Å². The summed E-state index contributed by atoms with van der Waals surface area (Å²) in [5.41, 5.74) is 1.24. The van der Waals surface area contributed by atoms with Crippen LogP contribution in [0, 0.1) is 0 Å². The first-order valence-corrected chi connectivity index (χ1v) is 6.96. The van der Waals surface area contributed by atoms with Gasteiger partial charge in [0.1, 0.15) is 5.54 Å². The van der Waals surface area contributed by atoms with E-state index in [9.17, 15) is 10.2 Å². The third-order valence-electron chi connectivity index (χ3n) is 4.24. The van der Waals surface area contributed by atoms with Gasteiger partial charge in [0.05, 0.1) is 12.7 Å². The minimum absolute atomic E-state index is 0.104. The fourth-order valence-corrected chi connectivity index (χ4v) is 3.19. The van der Waals surface area contributed by atoms with Gasteiger partial charge in [0.25, 0.3) is 0 Å². The van der Waals surface area contributed by atoms with Crippen LogP contribution in [0.2, 0.25) is 0 Å². The predicted octanol–water partition coefficient (Wildman–Crippen LogP) is 2.15. The fourth-order valence-electron chi connectivity index (χ4n) is 3.19. The minimum Gasteiger partial charge on any atom is -0.393 e. The molecular formula is C17H19NO2. The summed E-state index contributed by atoms with van der Waals surface area (Å²) in [6, 6.07) is 19.8. The van der Waals surface area contributed by atoms with Crippen molar-refractivity contribution in [3.05, 3.63) is 66.2 Å². The summed E-state index contributed by atoms with van der Waals surface area (Å²) >= 11 is 0. The summed E-state index contributed by atoms with van der Waals surface area (Å²) in [5.74, 6) is 0. The lowest BCUT2D eigenvalue weighted by Crippen LogP contribution is -2.51. The highest BCUT2D eigenvalue weighted by atomic mass is 16.3. The second kappa shape index (κ2) is 5.27. The second-order valence-electron chi connectivity index (χ2n) is 5.24. The molecule has 20 heavy (non-hydrogen) atoms. The highest BCUT2D eigenvalue weighted by Gasteiger charge is 2.49. The van der Waals surface area contributed by atoms with E-state index in [-0.39, 0.29) is 6.61 Å². The quantitative estimate of drug-likeness (QED) is 0.897. The summed E-state index contributed by atoms with van der Waals surface area (Å²) < 4.78 is 0. The fraction of sp³-hybridized carbons (Fsp3) is 0.294. The second-order valence-corrected chi connectivity index (χ2v) is 5.24. The van der Waals surface area contributed by atoms with E-state index in [4.69, 9.17) is 0 Å². The lowest BCUT2D eigenvalue weighted by atomic mass is 9.85.